The third kappa shape index (κ3) is 5.03. The summed E-state index contributed by atoms with van der Waals surface area (Å²) in [5.74, 6) is 0.626. The fourth-order valence-corrected chi connectivity index (χ4v) is 1.43. The smallest absolute Gasteiger partial charge is 0.00415 e. The molecule has 0 saturated carbocycles. The molecule has 14 heavy (non-hydrogen) atoms. The van der Waals surface area contributed by atoms with Crippen LogP contribution >= 0.6 is 0 Å². The lowest BCUT2D eigenvalue weighted by molar-refractivity contribution is 0.383. The average Bonchev–Trinajstić information content (AvgIpc) is 2.21. The Balaban J connectivity index is 0.000000791. The van der Waals surface area contributed by atoms with Gasteiger partial charge in [0.25, 0.3) is 0 Å². The van der Waals surface area contributed by atoms with E-state index in [1.165, 1.54) is 5.56 Å². The van der Waals surface area contributed by atoms with Crippen LogP contribution in [0, 0.1) is 0 Å². The lowest BCUT2D eigenvalue weighted by atomic mass is 10.0. The lowest BCUT2D eigenvalue weighted by Gasteiger charge is -2.16. The molecule has 0 saturated heterocycles. The molecule has 1 aromatic rings. The van der Waals surface area contributed by atoms with Crippen LogP contribution in [0.15, 0.2) is 30.3 Å². The Morgan fingerprint density at radius 3 is 2.00 bits per heavy atom. The molecule has 0 heterocycles. The third-order valence-corrected chi connectivity index (χ3v) is 2.01. The summed E-state index contributed by atoms with van der Waals surface area (Å²) in [5.41, 5.74) is 1.42. The second-order valence-corrected chi connectivity index (χ2v) is 3.57. The van der Waals surface area contributed by atoms with Crippen molar-refractivity contribution < 1.29 is 0 Å². The van der Waals surface area contributed by atoms with Gasteiger partial charge in [-0.3, -0.25) is 0 Å². The van der Waals surface area contributed by atoms with Crippen molar-refractivity contribution in [3.63, 3.8) is 0 Å². The van der Waals surface area contributed by atoms with Crippen LogP contribution in [-0.4, -0.2) is 25.5 Å². The molecule has 1 aromatic carbocycles. The molecule has 0 aliphatic carbocycles. The van der Waals surface area contributed by atoms with Crippen LogP contribution in [0.4, 0.5) is 0 Å². The van der Waals surface area contributed by atoms with Gasteiger partial charge in [0.15, 0.2) is 0 Å². The van der Waals surface area contributed by atoms with Gasteiger partial charge in [0.05, 0.1) is 0 Å². The molecule has 0 spiro atoms. The Kier molecular flexibility index (Phi) is 7.13. The summed E-state index contributed by atoms with van der Waals surface area (Å²) in [5, 5.41) is 0. The average molecular weight is 193 g/mol. The van der Waals surface area contributed by atoms with E-state index in [1.807, 2.05) is 13.8 Å². The second-order valence-electron chi connectivity index (χ2n) is 3.57. The number of hydrogen-bond donors (Lipinski definition) is 0. The summed E-state index contributed by atoms with van der Waals surface area (Å²) in [6.07, 6.45) is 0. The quantitative estimate of drug-likeness (QED) is 0.711. The highest BCUT2D eigenvalue weighted by molar-refractivity contribution is 5.18. The van der Waals surface area contributed by atoms with E-state index in [9.17, 15) is 0 Å². The van der Waals surface area contributed by atoms with Gasteiger partial charge in [-0.1, -0.05) is 51.1 Å². The van der Waals surface area contributed by atoms with Crippen LogP contribution in [0.1, 0.15) is 32.3 Å². The third-order valence-electron chi connectivity index (χ3n) is 2.01. The number of hydrogen-bond acceptors (Lipinski definition) is 1. The minimum Gasteiger partial charge on any atom is -0.309 e. The molecule has 0 amide bonds. The standard InChI is InChI=1S/C11H17N.C2H6/c1-10(9-12(2)3)11-7-5-4-6-8-11;1-2/h4-8,10H,9H2,1-3H3;1-2H3/t10-;/m0./s1. The maximum Gasteiger partial charge on any atom is 0.00415 e. The normalized spacial score (nSPS) is 11.9. The molecule has 0 radical (unpaired) electrons. The molecule has 1 nitrogen and oxygen atoms in total. The first-order valence-corrected chi connectivity index (χ1v) is 5.40. The van der Waals surface area contributed by atoms with Crippen LogP contribution in [0.5, 0.6) is 0 Å². The molecular formula is C13H23N. The van der Waals surface area contributed by atoms with Gasteiger partial charge < -0.3 is 4.90 Å². The van der Waals surface area contributed by atoms with E-state index < -0.39 is 0 Å². The molecule has 80 valence electrons. The number of rotatable bonds is 3. The van der Waals surface area contributed by atoms with Crippen molar-refractivity contribution in [3.05, 3.63) is 35.9 Å². The first-order chi connectivity index (χ1) is 6.70. The van der Waals surface area contributed by atoms with Crippen molar-refractivity contribution in [2.45, 2.75) is 26.7 Å². The highest BCUT2D eigenvalue weighted by Gasteiger charge is 2.04. The molecule has 0 fully saturated rings. The maximum absolute atomic E-state index is 2.26. The van der Waals surface area contributed by atoms with Crippen molar-refractivity contribution in [2.75, 3.05) is 20.6 Å². The number of nitrogens with zero attached hydrogens (tertiary/aromatic N) is 1. The fraction of sp³-hybridized carbons (Fsp3) is 0.538. The number of likely N-dealkylation sites (N-methyl/N-ethyl adjacent to an activating group) is 1. The van der Waals surface area contributed by atoms with Gasteiger partial charge in [-0.25, -0.2) is 0 Å². The topological polar surface area (TPSA) is 3.24 Å². The van der Waals surface area contributed by atoms with E-state index in [1.54, 1.807) is 0 Å². The molecule has 0 bridgehead atoms. The van der Waals surface area contributed by atoms with E-state index in [4.69, 9.17) is 0 Å². The van der Waals surface area contributed by atoms with Crippen LogP contribution in [-0.2, 0) is 0 Å². The highest BCUT2D eigenvalue weighted by atomic mass is 15.1. The summed E-state index contributed by atoms with van der Waals surface area (Å²) in [6, 6.07) is 10.6. The molecular weight excluding hydrogens is 170 g/mol. The van der Waals surface area contributed by atoms with Crippen molar-refractivity contribution in [1.29, 1.82) is 0 Å². The number of benzene rings is 1. The predicted octanol–water partition coefficient (Wildman–Crippen LogP) is 3.38. The van der Waals surface area contributed by atoms with Gasteiger partial charge in [0.2, 0.25) is 0 Å². The largest absolute Gasteiger partial charge is 0.309 e. The first kappa shape index (κ1) is 13.2. The Morgan fingerprint density at radius 2 is 1.57 bits per heavy atom. The van der Waals surface area contributed by atoms with Crippen LogP contribution < -0.4 is 0 Å². The molecule has 1 rings (SSSR count). The van der Waals surface area contributed by atoms with E-state index in [0.717, 1.165) is 6.54 Å². The molecule has 0 unspecified atom stereocenters. The zero-order valence-electron chi connectivity index (χ0n) is 10.1. The minimum absolute atomic E-state index is 0.626. The SMILES string of the molecule is CC.C[C@@H](CN(C)C)c1ccccc1. The molecule has 0 aliphatic heterocycles. The van der Waals surface area contributed by atoms with E-state index >= 15 is 0 Å². The van der Waals surface area contributed by atoms with E-state index in [2.05, 4.69) is 56.3 Å². The lowest BCUT2D eigenvalue weighted by Crippen LogP contribution is -2.18. The van der Waals surface area contributed by atoms with Gasteiger partial charge in [-0.2, -0.15) is 0 Å². The Morgan fingerprint density at radius 1 is 1.07 bits per heavy atom. The molecule has 0 aliphatic rings. The van der Waals surface area contributed by atoms with Gasteiger partial charge >= 0.3 is 0 Å². The van der Waals surface area contributed by atoms with E-state index in [0.29, 0.717) is 5.92 Å². The summed E-state index contributed by atoms with van der Waals surface area (Å²) < 4.78 is 0. The zero-order chi connectivity index (χ0) is 11.0. The summed E-state index contributed by atoms with van der Waals surface area (Å²) >= 11 is 0. The van der Waals surface area contributed by atoms with E-state index in [-0.39, 0.29) is 0 Å². The van der Waals surface area contributed by atoms with Crippen molar-refractivity contribution >= 4 is 0 Å². The van der Waals surface area contributed by atoms with Crippen molar-refractivity contribution in [2.24, 2.45) is 0 Å². The fourth-order valence-electron chi connectivity index (χ4n) is 1.43. The molecule has 1 heteroatoms. The van der Waals surface area contributed by atoms with Crippen molar-refractivity contribution in [3.8, 4) is 0 Å². The summed E-state index contributed by atoms with van der Waals surface area (Å²) in [4.78, 5) is 2.22. The first-order valence-electron chi connectivity index (χ1n) is 5.40. The Hall–Kier alpha value is -0.820. The summed E-state index contributed by atoms with van der Waals surface area (Å²) in [7, 11) is 4.22. The van der Waals surface area contributed by atoms with Crippen molar-refractivity contribution in [1.82, 2.24) is 4.90 Å². The van der Waals surface area contributed by atoms with Crippen LogP contribution in [0.2, 0.25) is 0 Å². The predicted molar refractivity (Wildman–Crippen MR) is 64.8 cm³/mol. The van der Waals surface area contributed by atoms with Gasteiger partial charge in [0.1, 0.15) is 0 Å². The van der Waals surface area contributed by atoms with Gasteiger partial charge in [0, 0.05) is 6.54 Å². The monoisotopic (exact) mass is 193 g/mol. The molecule has 0 N–H and O–H groups in total. The Bertz CT molecular complexity index is 216. The molecule has 0 aromatic heterocycles. The highest BCUT2D eigenvalue weighted by Crippen LogP contribution is 2.14. The van der Waals surface area contributed by atoms with Crippen LogP contribution in [0.25, 0.3) is 0 Å². The zero-order valence-corrected chi connectivity index (χ0v) is 10.1. The van der Waals surface area contributed by atoms with Gasteiger partial charge in [-0.15, -0.1) is 0 Å². The minimum atomic E-state index is 0.626. The maximum atomic E-state index is 2.26. The van der Waals surface area contributed by atoms with Gasteiger partial charge in [-0.05, 0) is 25.6 Å². The second kappa shape index (κ2) is 7.57. The summed E-state index contributed by atoms with van der Waals surface area (Å²) in [6.45, 7) is 7.37. The van der Waals surface area contributed by atoms with Crippen LogP contribution in [0.3, 0.4) is 0 Å². The Labute approximate surface area is 88.8 Å². The molecule has 1 atom stereocenters.